The summed E-state index contributed by atoms with van der Waals surface area (Å²) < 4.78 is 4.95. The fourth-order valence-corrected chi connectivity index (χ4v) is 3.23. The van der Waals surface area contributed by atoms with Crippen LogP contribution >= 0.6 is 11.3 Å². The molecule has 0 radical (unpaired) electrons. The number of thiophene rings is 1. The molecule has 1 aromatic carbocycles. The number of rotatable bonds is 6. The van der Waals surface area contributed by atoms with Crippen LogP contribution in [0.25, 0.3) is 0 Å². The van der Waals surface area contributed by atoms with Crippen molar-refractivity contribution in [1.29, 1.82) is 0 Å². The van der Waals surface area contributed by atoms with E-state index in [2.05, 4.69) is 53.0 Å². The molecule has 2 N–H and O–H groups in total. The first kappa shape index (κ1) is 16.4. The van der Waals surface area contributed by atoms with Crippen LogP contribution in [0.2, 0.25) is 0 Å². The van der Waals surface area contributed by atoms with Gasteiger partial charge in [-0.3, -0.25) is 10.1 Å². The zero-order valence-electron chi connectivity index (χ0n) is 13.6. The average molecular weight is 341 g/mol. The van der Waals surface area contributed by atoms with Crippen LogP contribution in [0.5, 0.6) is 0 Å². The van der Waals surface area contributed by atoms with E-state index in [-0.39, 0.29) is 18.5 Å². The molecule has 0 aliphatic carbocycles. The van der Waals surface area contributed by atoms with E-state index in [4.69, 9.17) is 4.52 Å². The number of nitrogens with zero attached hydrogens (tertiary/aromatic N) is 1. The summed E-state index contributed by atoms with van der Waals surface area (Å²) in [6.07, 6.45) is 0. The van der Waals surface area contributed by atoms with Crippen molar-refractivity contribution in [2.75, 3.05) is 11.9 Å². The zero-order chi connectivity index (χ0) is 16.9. The second-order valence-electron chi connectivity index (χ2n) is 5.61. The van der Waals surface area contributed by atoms with Crippen LogP contribution in [0.1, 0.15) is 27.8 Å². The molecule has 0 fully saturated rings. The van der Waals surface area contributed by atoms with Gasteiger partial charge in [-0.15, -0.1) is 11.3 Å². The summed E-state index contributed by atoms with van der Waals surface area (Å²) in [5.74, 6) is 0.939. The van der Waals surface area contributed by atoms with Gasteiger partial charge in [0.05, 0.1) is 12.6 Å². The van der Waals surface area contributed by atoms with Crippen molar-refractivity contribution >= 4 is 23.1 Å². The molecule has 2 heterocycles. The van der Waals surface area contributed by atoms with Crippen molar-refractivity contribution in [3.8, 4) is 0 Å². The Bertz CT molecular complexity index is 794. The lowest BCUT2D eigenvalue weighted by Crippen LogP contribution is -2.31. The van der Waals surface area contributed by atoms with E-state index in [1.54, 1.807) is 24.3 Å². The first-order valence-corrected chi connectivity index (χ1v) is 8.56. The Labute approximate surface area is 144 Å². The molecule has 5 nitrogen and oxygen atoms in total. The van der Waals surface area contributed by atoms with Crippen molar-refractivity contribution in [3.63, 3.8) is 0 Å². The van der Waals surface area contributed by atoms with E-state index in [1.165, 1.54) is 10.4 Å². The molecule has 3 aromatic rings. The molecule has 0 unspecified atom stereocenters. The lowest BCUT2D eigenvalue weighted by Gasteiger charge is -2.18. The second-order valence-corrected chi connectivity index (χ2v) is 6.59. The smallest absolute Gasteiger partial charge is 0.239 e. The van der Waals surface area contributed by atoms with Crippen LogP contribution in [0.15, 0.2) is 52.4 Å². The molecule has 1 atom stereocenters. The van der Waals surface area contributed by atoms with Gasteiger partial charge in [-0.1, -0.05) is 41.1 Å². The Balaban J connectivity index is 1.68. The van der Waals surface area contributed by atoms with Gasteiger partial charge >= 0.3 is 0 Å². The van der Waals surface area contributed by atoms with Gasteiger partial charge in [0.15, 0.2) is 5.82 Å². The van der Waals surface area contributed by atoms with Gasteiger partial charge in [0, 0.05) is 10.9 Å². The van der Waals surface area contributed by atoms with Crippen LogP contribution in [0, 0.1) is 13.8 Å². The minimum atomic E-state index is -0.156. The fraction of sp³-hybridized carbons (Fsp3) is 0.222. The molecule has 3 rings (SSSR count). The molecule has 24 heavy (non-hydrogen) atoms. The van der Waals surface area contributed by atoms with Crippen LogP contribution in [-0.4, -0.2) is 17.6 Å². The standard InChI is InChI=1S/C18H19N3O2S/c1-12-5-7-14(8-6-12)18(15-4-3-9-24-15)19-11-17(22)20-16-10-13(2)23-21-16/h3-10,18-19H,11H2,1-2H3,(H,20,21,22)/t18-/m0/s1. The van der Waals surface area contributed by atoms with Crippen LogP contribution < -0.4 is 10.6 Å². The summed E-state index contributed by atoms with van der Waals surface area (Å²) >= 11 is 1.67. The number of hydrogen-bond acceptors (Lipinski definition) is 5. The lowest BCUT2D eigenvalue weighted by molar-refractivity contribution is -0.115. The zero-order valence-corrected chi connectivity index (χ0v) is 14.4. The van der Waals surface area contributed by atoms with E-state index < -0.39 is 0 Å². The van der Waals surface area contributed by atoms with E-state index >= 15 is 0 Å². The normalized spacial score (nSPS) is 12.1. The van der Waals surface area contributed by atoms with Gasteiger partial charge in [-0.05, 0) is 30.9 Å². The Kier molecular flexibility index (Phi) is 5.08. The molecule has 6 heteroatoms. The maximum Gasteiger partial charge on any atom is 0.239 e. The van der Waals surface area contributed by atoms with Crippen LogP contribution in [0.4, 0.5) is 5.82 Å². The number of benzene rings is 1. The minimum absolute atomic E-state index is 0.0182. The summed E-state index contributed by atoms with van der Waals surface area (Å²) in [6, 6.07) is 14.1. The Morgan fingerprint density at radius 2 is 2.04 bits per heavy atom. The predicted octanol–water partition coefficient (Wildman–Crippen LogP) is 3.67. The number of anilines is 1. The summed E-state index contributed by atoms with van der Waals surface area (Å²) in [5, 5.41) is 11.9. The monoisotopic (exact) mass is 341 g/mol. The highest BCUT2D eigenvalue weighted by atomic mass is 32.1. The third-order valence-electron chi connectivity index (χ3n) is 3.60. The SMILES string of the molecule is Cc1ccc([C@H](NCC(=O)Nc2cc(C)on2)c2cccs2)cc1. The first-order valence-electron chi connectivity index (χ1n) is 7.68. The quantitative estimate of drug-likeness (QED) is 0.718. The van der Waals surface area contributed by atoms with Gasteiger partial charge in [0.1, 0.15) is 5.76 Å². The highest BCUT2D eigenvalue weighted by molar-refractivity contribution is 7.10. The molecule has 0 aliphatic rings. The average Bonchev–Trinajstić information content (AvgIpc) is 3.21. The van der Waals surface area contributed by atoms with Gasteiger partial charge in [0.25, 0.3) is 0 Å². The van der Waals surface area contributed by atoms with Crippen molar-refractivity contribution in [3.05, 3.63) is 69.6 Å². The number of amides is 1. The number of carbonyl (C=O) groups is 1. The Morgan fingerprint density at radius 1 is 1.25 bits per heavy atom. The second kappa shape index (κ2) is 7.42. The van der Waals surface area contributed by atoms with E-state index in [0.717, 1.165) is 5.56 Å². The van der Waals surface area contributed by atoms with E-state index in [9.17, 15) is 4.79 Å². The number of aryl methyl sites for hydroxylation is 2. The summed E-state index contributed by atoms with van der Waals surface area (Å²) in [4.78, 5) is 13.3. The van der Waals surface area contributed by atoms with Crippen molar-refractivity contribution in [1.82, 2.24) is 10.5 Å². The number of carbonyl (C=O) groups excluding carboxylic acids is 1. The molecular formula is C18H19N3O2S. The van der Waals surface area contributed by atoms with Gasteiger partial charge < -0.3 is 9.84 Å². The topological polar surface area (TPSA) is 67.2 Å². The molecule has 0 aliphatic heterocycles. The molecule has 0 saturated heterocycles. The maximum atomic E-state index is 12.1. The molecule has 1 amide bonds. The fourth-order valence-electron chi connectivity index (χ4n) is 2.40. The minimum Gasteiger partial charge on any atom is -0.360 e. The molecule has 0 saturated carbocycles. The summed E-state index contributed by atoms with van der Waals surface area (Å²) in [7, 11) is 0. The van der Waals surface area contributed by atoms with Gasteiger partial charge in [-0.2, -0.15) is 0 Å². The predicted molar refractivity (Wildman–Crippen MR) is 95.2 cm³/mol. The van der Waals surface area contributed by atoms with Crippen molar-refractivity contribution in [2.24, 2.45) is 0 Å². The lowest BCUT2D eigenvalue weighted by atomic mass is 10.0. The van der Waals surface area contributed by atoms with E-state index in [0.29, 0.717) is 11.6 Å². The first-order chi connectivity index (χ1) is 11.6. The van der Waals surface area contributed by atoms with Crippen molar-refractivity contribution in [2.45, 2.75) is 19.9 Å². The van der Waals surface area contributed by atoms with E-state index in [1.807, 2.05) is 11.4 Å². The third kappa shape index (κ3) is 4.10. The molecule has 124 valence electrons. The molecule has 0 spiro atoms. The van der Waals surface area contributed by atoms with Crippen molar-refractivity contribution < 1.29 is 9.32 Å². The maximum absolute atomic E-state index is 12.1. The van der Waals surface area contributed by atoms with Gasteiger partial charge in [0.2, 0.25) is 5.91 Å². The van der Waals surface area contributed by atoms with Crippen LogP contribution in [-0.2, 0) is 4.79 Å². The van der Waals surface area contributed by atoms with Crippen LogP contribution in [0.3, 0.4) is 0 Å². The Morgan fingerprint density at radius 3 is 2.67 bits per heavy atom. The third-order valence-corrected chi connectivity index (χ3v) is 4.54. The molecule has 2 aromatic heterocycles. The number of aromatic nitrogens is 1. The molecular weight excluding hydrogens is 322 g/mol. The highest BCUT2D eigenvalue weighted by Crippen LogP contribution is 2.26. The Hall–Kier alpha value is -2.44. The molecule has 0 bridgehead atoms. The largest absolute Gasteiger partial charge is 0.360 e. The van der Waals surface area contributed by atoms with Gasteiger partial charge in [-0.25, -0.2) is 0 Å². The number of hydrogen-bond donors (Lipinski definition) is 2. The number of nitrogens with one attached hydrogen (secondary N) is 2. The summed E-state index contributed by atoms with van der Waals surface area (Å²) in [5.41, 5.74) is 2.34. The highest BCUT2D eigenvalue weighted by Gasteiger charge is 2.16. The summed E-state index contributed by atoms with van der Waals surface area (Å²) in [6.45, 7) is 4.03.